The normalized spacial score (nSPS) is 17.2. The van der Waals surface area contributed by atoms with Gasteiger partial charge in [-0.3, -0.25) is 9.69 Å². The largest absolute Gasteiger partial charge is 0.497 e. The molecule has 0 fully saturated rings. The van der Waals surface area contributed by atoms with E-state index in [-0.39, 0.29) is 11.6 Å². The molecule has 1 heterocycles. The number of amides is 1. The van der Waals surface area contributed by atoms with Crippen molar-refractivity contribution in [3.63, 3.8) is 0 Å². The Morgan fingerprint density at radius 2 is 1.96 bits per heavy atom. The first-order valence-corrected chi connectivity index (χ1v) is 8.14. The number of carbonyl (C=O) groups is 2. The van der Waals surface area contributed by atoms with E-state index in [0.29, 0.717) is 5.17 Å². The number of hydrogen-bond donors (Lipinski definition) is 0. The summed E-state index contributed by atoms with van der Waals surface area (Å²) in [5.41, 5.74) is 1.11. The summed E-state index contributed by atoms with van der Waals surface area (Å²) in [6.45, 7) is 1.62. The Labute approximate surface area is 139 Å². The van der Waals surface area contributed by atoms with Gasteiger partial charge in [0.15, 0.2) is 5.17 Å². The third kappa shape index (κ3) is 3.56. The van der Waals surface area contributed by atoms with E-state index in [9.17, 15) is 9.59 Å². The molecule has 1 aromatic rings. The van der Waals surface area contributed by atoms with Crippen molar-refractivity contribution in [2.24, 2.45) is 4.99 Å². The summed E-state index contributed by atoms with van der Waals surface area (Å²) >= 11 is 1.31. The van der Waals surface area contributed by atoms with Gasteiger partial charge >= 0.3 is 5.97 Å². The number of ether oxygens (including phenoxy) is 2. The highest BCUT2D eigenvalue weighted by atomic mass is 32.2. The van der Waals surface area contributed by atoms with Crippen LogP contribution in [0.4, 0.5) is 0 Å². The molecule has 1 aromatic carbocycles. The number of amidine groups is 1. The number of nitrogens with zero attached hydrogens (tertiary/aromatic N) is 2. The molecule has 0 aromatic heterocycles. The Balaban J connectivity index is 2.30. The van der Waals surface area contributed by atoms with E-state index in [0.717, 1.165) is 11.3 Å². The van der Waals surface area contributed by atoms with Gasteiger partial charge in [0.2, 0.25) is 0 Å². The molecule has 0 N–H and O–H groups in total. The van der Waals surface area contributed by atoms with Crippen LogP contribution in [0.2, 0.25) is 0 Å². The first kappa shape index (κ1) is 17.1. The monoisotopic (exact) mass is 334 g/mol. The van der Waals surface area contributed by atoms with Gasteiger partial charge in [-0.2, -0.15) is 0 Å². The molecule has 0 spiro atoms. The quantitative estimate of drug-likeness (QED) is 0.623. The van der Waals surface area contributed by atoms with Gasteiger partial charge < -0.3 is 9.47 Å². The molecule has 1 aliphatic heterocycles. The zero-order valence-corrected chi connectivity index (χ0v) is 14.2. The number of aliphatic imine (C=N–C) groups is 1. The molecule has 0 unspecified atom stereocenters. The molecule has 2 rings (SSSR count). The van der Waals surface area contributed by atoms with Crippen LogP contribution in [0.3, 0.4) is 0 Å². The third-order valence-corrected chi connectivity index (χ3v) is 4.04. The van der Waals surface area contributed by atoms with Crippen LogP contribution in [0.15, 0.2) is 35.0 Å². The second-order valence-corrected chi connectivity index (χ2v) is 5.55. The van der Waals surface area contributed by atoms with Gasteiger partial charge in [0.25, 0.3) is 5.91 Å². The van der Waals surface area contributed by atoms with Crippen molar-refractivity contribution in [3.05, 3.63) is 35.5 Å². The SMILES string of the molecule is COC(=O)[C@@H](C)N1C(=O)/C(=C/c2ccc(OC)cc2)N=C1SC. The highest BCUT2D eigenvalue weighted by Crippen LogP contribution is 2.25. The van der Waals surface area contributed by atoms with Crippen LogP contribution in [-0.2, 0) is 14.3 Å². The van der Waals surface area contributed by atoms with E-state index in [1.54, 1.807) is 38.5 Å². The van der Waals surface area contributed by atoms with Crippen LogP contribution in [0.1, 0.15) is 12.5 Å². The molecule has 0 saturated heterocycles. The predicted molar refractivity (Wildman–Crippen MR) is 90.2 cm³/mol. The average molecular weight is 334 g/mol. The number of carbonyl (C=O) groups excluding carboxylic acids is 2. The van der Waals surface area contributed by atoms with Gasteiger partial charge in [-0.05, 0) is 37.0 Å². The topological polar surface area (TPSA) is 68.2 Å². The first-order valence-electron chi connectivity index (χ1n) is 6.91. The molecule has 0 saturated carbocycles. The van der Waals surface area contributed by atoms with Crippen molar-refractivity contribution in [2.45, 2.75) is 13.0 Å². The maximum atomic E-state index is 12.6. The van der Waals surface area contributed by atoms with Crippen molar-refractivity contribution < 1.29 is 19.1 Å². The van der Waals surface area contributed by atoms with Gasteiger partial charge in [0, 0.05) is 0 Å². The minimum atomic E-state index is -0.722. The summed E-state index contributed by atoms with van der Waals surface area (Å²) in [5.74, 6) is -0.0620. The Hall–Kier alpha value is -2.28. The number of thioether (sulfide) groups is 1. The van der Waals surface area contributed by atoms with E-state index in [4.69, 9.17) is 9.47 Å². The van der Waals surface area contributed by atoms with Gasteiger partial charge in [-0.1, -0.05) is 23.9 Å². The number of rotatable bonds is 4. The molecule has 1 atom stereocenters. The van der Waals surface area contributed by atoms with Crippen molar-refractivity contribution in [1.82, 2.24) is 4.90 Å². The summed E-state index contributed by atoms with van der Waals surface area (Å²) in [7, 11) is 2.89. The summed E-state index contributed by atoms with van der Waals surface area (Å²) in [4.78, 5) is 30.0. The summed E-state index contributed by atoms with van der Waals surface area (Å²) < 4.78 is 9.82. The lowest BCUT2D eigenvalue weighted by molar-refractivity contribution is -0.147. The van der Waals surface area contributed by atoms with Crippen molar-refractivity contribution in [2.75, 3.05) is 20.5 Å². The Morgan fingerprint density at radius 1 is 1.30 bits per heavy atom. The predicted octanol–water partition coefficient (Wildman–Crippen LogP) is 2.16. The summed E-state index contributed by atoms with van der Waals surface area (Å²) in [6.07, 6.45) is 3.49. The molecule has 0 radical (unpaired) electrons. The van der Waals surface area contributed by atoms with Crippen LogP contribution >= 0.6 is 11.8 Å². The van der Waals surface area contributed by atoms with Crippen LogP contribution in [-0.4, -0.2) is 48.5 Å². The van der Waals surface area contributed by atoms with Gasteiger partial charge in [0.1, 0.15) is 17.5 Å². The zero-order chi connectivity index (χ0) is 17.0. The fraction of sp³-hybridized carbons (Fsp3) is 0.312. The van der Waals surface area contributed by atoms with Crippen LogP contribution in [0.5, 0.6) is 5.75 Å². The second kappa shape index (κ2) is 7.32. The lowest BCUT2D eigenvalue weighted by atomic mass is 10.2. The molecule has 122 valence electrons. The number of methoxy groups -OCH3 is 2. The highest BCUT2D eigenvalue weighted by Gasteiger charge is 2.37. The first-order chi connectivity index (χ1) is 11.0. The van der Waals surface area contributed by atoms with Crippen molar-refractivity contribution in [3.8, 4) is 5.75 Å². The van der Waals surface area contributed by atoms with Crippen molar-refractivity contribution in [1.29, 1.82) is 0 Å². The Bertz CT molecular complexity index is 667. The number of benzene rings is 1. The summed E-state index contributed by atoms with van der Waals surface area (Å²) in [6, 6.07) is 6.56. The maximum Gasteiger partial charge on any atom is 0.328 e. The van der Waals surface area contributed by atoms with Crippen molar-refractivity contribution >= 4 is 34.9 Å². The molecule has 0 bridgehead atoms. The Kier molecular flexibility index (Phi) is 5.44. The molecule has 1 amide bonds. The van der Waals surface area contributed by atoms with Crippen LogP contribution < -0.4 is 4.74 Å². The highest BCUT2D eigenvalue weighted by molar-refractivity contribution is 8.13. The number of hydrogen-bond acceptors (Lipinski definition) is 6. The van der Waals surface area contributed by atoms with Crippen LogP contribution in [0.25, 0.3) is 6.08 Å². The van der Waals surface area contributed by atoms with Gasteiger partial charge in [0.05, 0.1) is 14.2 Å². The van der Waals surface area contributed by atoms with Gasteiger partial charge in [-0.15, -0.1) is 0 Å². The van der Waals surface area contributed by atoms with E-state index < -0.39 is 12.0 Å². The maximum absolute atomic E-state index is 12.6. The Morgan fingerprint density at radius 3 is 2.48 bits per heavy atom. The van der Waals surface area contributed by atoms with E-state index in [1.165, 1.54) is 23.8 Å². The minimum absolute atomic E-state index is 0.287. The van der Waals surface area contributed by atoms with Gasteiger partial charge in [-0.25, -0.2) is 9.79 Å². The minimum Gasteiger partial charge on any atom is -0.497 e. The summed E-state index contributed by atoms with van der Waals surface area (Å²) in [5, 5.41) is 0.479. The van der Waals surface area contributed by atoms with Crippen LogP contribution in [0, 0.1) is 0 Å². The average Bonchev–Trinajstić information content (AvgIpc) is 2.90. The molecule has 1 aliphatic rings. The molecule has 6 nitrogen and oxygen atoms in total. The molecular weight excluding hydrogens is 316 g/mol. The van der Waals surface area contributed by atoms with E-state index >= 15 is 0 Å². The standard InChI is InChI=1S/C16H18N2O4S/c1-10(15(20)22-3)18-14(19)13(17-16(18)23-4)9-11-5-7-12(21-2)8-6-11/h5-10H,1-4H3/b13-9-/t10-/m1/s1. The number of esters is 1. The molecule has 0 aliphatic carbocycles. The zero-order valence-electron chi connectivity index (χ0n) is 13.4. The third-order valence-electron chi connectivity index (χ3n) is 3.39. The van der Waals surface area contributed by atoms with E-state index in [1.807, 2.05) is 12.1 Å². The van der Waals surface area contributed by atoms with E-state index in [2.05, 4.69) is 4.99 Å². The molecule has 23 heavy (non-hydrogen) atoms. The fourth-order valence-electron chi connectivity index (χ4n) is 2.13. The second-order valence-electron chi connectivity index (χ2n) is 4.78. The lowest BCUT2D eigenvalue weighted by Gasteiger charge is -2.22. The fourth-order valence-corrected chi connectivity index (χ4v) is 2.76. The smallest absolute Gasteiger partial charge is 0.328 e. The lowest BCUT2D eigenvalue weighted by Crippen LogP contribution is -2.43. The molecule has 7 heteroatoms. The molecular formula is C16H18N2O4S.